The summed E-state index contributed by atoms with van der Waals surface area (Å²) in [5, 5.41) is 10.1. The highest BCUT2D eigenvalue weighted by Crippen LogP contribution is 2.19. The second-order valence-electron chi connectivity index (χ2n) is 5.16. The van der Waals surface area contributed by atoms with E-state index in [9.17, 15) is 18.0 Å². The van der Waals surface area contributed by atoms with Crippen LogP contribution in [0.2, 0.25) is 5.02 Å². The molecule has 4 N–H and O–H groups in total. The molecule has 8 nitrogen and oxygen atoms in total. The number of carboxylic acid groups (broad SMARTS) is 1. The van der Waals surface area contributed by atoms with Crippen molar-refractivity contribution in [3.8, 4) is 0 Å². The Balaban J connectivity index is 0.000000177. The minimum absolute atomic E-state index is 0.0682. The Bertz CT molecular complexity index is 878. The Kier molecular flexibility index (Phi) is 5.47. The third-order valence-electron chi connectivity index (χ3n) is 3.37. The second-order valence-corrected chi connectivity index (χ2v) is 7.75. The first-order valence-corrected chi connectivity index (χ1v) is 9.11. The van der Waals surface area contributed by atoms with Crippen LogP contribution in [0.4, 0.5) is 0 Å². The van der Waals surface area contributed by atoms with Crippen LogP contribution in [-0.2, 0) is 14.6 Å². The molecule has 1 aromatic carbocycles. The van der Waals surface area contributed by atoms with Gasteiger partial charge in [-0.25, -0.2) is 13.2 Å². The fraction of sp³-hybridized carbons (Fsp3) is 0.286. The van der Waals surface area contributed by atoms with Crippen molar-refractivity contribution in [3.05, 3.63) is 35.0 Å². The molecule has 1 fully saturated rings. The third-order valence-corrected chi connectivity index (χ3v) is 5.11. The molecule has 0 atom stereocenters. The molecule has 2 heterocycles. The number of halogens is 1. The quantitative estimate of drug-likeness (QED) is 0.708. The van der Waals surface area contributed by atoms with E-state index in [1.165, 1.54) is 4.90 Å². The number of nitrogens with two attached hydrogens (primary N) is 1. The van der Waals surface area contributed by atoms with Crippen LogP contribution < -0.4 is 5.73 Å². The van der Waals surface area contributed by atoms with E-state index in [0.29, 0.717) is 11.6 Å². The Morgan fingerprint density at radius 1 is 1.33 bits per heavy atom. The maximum atomic E-state index is 10.8. The van der Waals surface area contributed by atoms with Gasteiger partial charge in [0.25, 0.3) is 0 Å². The van der Waals surface area contributed by atoms with Gasteiger partial charge >= 0.3 is 5.97 Å². The lowest BCUT2D eigenvalue weighted by Gasteiger charge is -2.10. The first kappa shape index (κ1) is 18.2. The average Bonchev–Trinajstić information content (AvgIpc) is 3.09. The predicted molar refractivity (Wildman–Crippen MR) is 89.7 cm³/mol. The van der Waals surface area contributed by atoms with E-state index in [-0.39, 0.29) is 29.8 Å². The SMILES string of the molecule is NCC(=O)N1CCS(=O)(=O)C1.O=C(O)c1cc2cc(Cl)ccc2[nH]1. The number of nitrogens with one attached hydrogen (secondary N) is 1. The normalized spacial score (nSPS) is 15.8. The number of nitrogens with zero attached hydrogens (tertiary/aromatic N) is 1. The van der Waals surface area contributed by atoms with Gasteiger partial charge in [-0.05, 0) is 24.3 Å². The molecular weight excluding hydrogens is 358 g/mol. The number of fused-ring (bicyclic) bond motifs is 1. The predicted octanol–water partition coefficient (Wildman–Crippen LogP) is 0.679. The van der Waals surface area contributed by atoms with Crippen LogP contribution in [0.3, 0.4) is 0 Å². The zero-order valence-electron chi connectivity index (χ0n) is 12.5. The number of aromatic amines is 1. The lowest BCUT2D eigenvalue weighted by molar-refractivity contribution is -0.128. The van der Waals surface area contributed by atoms with Gasteiger partial charge in [-0.2, -0.15) is 0 Å². The zero-order chi connectivity index (χ0) is 17.9. The minimum Gasteiger partial charge on any atom is -0.477 e. The molecule has 10 heteroatoms. The summed E-state index contributed by atoms with van der Waals surface area (Å²) < 4.78 is 21.7. The molecule has 130 valence electrons. The molecule has 1 aromatic heterocycles. The summed E-state index contributed by atoms with van der Waals surface area (Å²) in [6.45, 7) is 0.174. The molecule has 1 aliphatic heterocycles. The van der Waals surface area contributed by atoms with E-state index < -0.39 is 15.8 Å². The molecule has 0 saturated carbocycles. The first-order chi connectivity index (χ1) is 11.2. The van der Waals surface area contributed by atoms with E-state index in [0.717, 1.165) is 10.9 Å². The van der Waals surface area contributed by atoms with E-state index >= 15 is 0 Å². The van der Waals surface area contributed by atoms with Gasteiger partial charge in [-0.15, -0.1) is 0 Å². The summed E-state index contributed by atoms with van der Waals surface area (Å²) in [6, 6.07) is 6.75. The van der Waals surface area contributed by atoms with Crippen molar-refractivity contribution in [2.45, 2.75) is 0 Å². The molecular formula is C14H16ClN3O5S. The average molecular weight is 374 g/mol. The Morgan fingerprint density at radius 3 is 2.58 bits per heavy atom. The maximum Gasteiger partial charge on any atom is 0.352 e. The van der Waals surface area contributed by atoms with E-state index in [1.54, 1.807) is 24.3 Å². The van der Waals surface area contributed by atoms with Crippen LogP contribution in [0.5, 0.6) is 0 Å². The van der Waals surface area contributed by atoms with Gasteiger partial charge in [-0.3, -0.25) is 4.79 Å². The van der Waals surface area contributed by atoms with Crippen LogP contribution in [0.15, 0.2) is 24.3 Å². The highest BCUT2D eigenvalue weighted by atomic mass is 35.5. The maximum absolute atomic E-state index is 10.8. The van der Waals surface area contributed by atoms with Crippen LogP contribution in [0.1, 0.15) is 10.5 Å². The second kappa shape index (κ2) is 7.20. The molecule has 24 heavy (non-hydrogen) atoms. The summed E-state index contributed by atoms with van der Waals surface area (Å²) in [4.78, 5) is 25.5. The van der Waals surface area contributed by atoms with Crippen LogP contribution in [-0.4, -0.2) is 60.0 Å². The smallest absolute Gasteiger partial charge is 0.352 e. The number of carbonyl (C=O) groups excluding carboxylic acids is 1. The summed E-state index contributed by atoms with van der Waals surface area (Å²) in [7, 11) is -3.00. The van der Waals surface area contributed by atoms with Crippen molar-refractivity contribution in [2.24, 2.45) is 5.73 Å². The van der Waals surface area contributed by atoms with Gasteiger partial charge in [0.2, 0.25) is 5.91 Å². The summed E-state index contributed by atoms with van der Waals surface area (Å²) in [5.41, 5.74) is 6.01. The number of hydrogen-bond acceptors (Lipinski definition) is 5. The van der Waals surface area contributed by atoms with Crippen molar-refractivity contribution >= 4 is 44.2 Å². The monoisotopic (exact) mass is 373 g/mol. The molecule has 1 amide bonds. The number of sulfone groups is 1. The minimum atomic E-state index is -3.00. The van der Waals surface area contributed by atoms with Crippen molar-refractivity contribution < 1.29 is 23.1 Å². The molecule has 0 aliphatic carbocycles. The summed E-state index contributed by atoms with van der Waals surface area (Å²) in [6.07, 6.45) is 0. The van der Waals surface area contributed by atoms with E-state index in [2.05, 4.69) is 4.98 Å². The van der Waals surface area contributed by atoms with Crippen LogP contribution >= 0.6 is 11.6 Å². The van der Waals surface area contributed by atoms with Crippen molar-refractivity contribution in [1.29, 1.82) is 0 Å². The molecule has 0 radical (unpaired) electrons. The largest absolute Gasteiger partial charge is 0.477 e. The highest BCUT2D eigenvalue weighted by Gasteiger charge is 2.27. The molecule has 1 saturated heterocycles. The summed E-state index contributed by atoms with van der Waals surface area (Å²) in [5.74, 6) is -1.36. The van der Waals surface area contributed by atoms with Gasteiger partial charge in [0.05, 0.1) is 12.3 Å². The topological polar surface area (TPSA) is 134 Å². The van der Waals surface area contributed by atoms with Gasteiger partial charge in [0.1, 0.15) is 11.6 Å². The number of benzene rings is 1. The van der Waals surface area contributed by atoms with Crippen molar-refractivity contribution in [3.63, 3.8) is 0 Å². The van der Waals surface area contributed by atoms with Crippen molar-refractivity contribution in [2.75, 3.05) is 24.7 Å². The molecule has 0 unspecified atom stereocenters. The van der Waals surface area contributed by atoms with Gasteiger partial charge in [0.15, 0.2) is 9.84 Å². The van der Waals surface area contributed by atoms with Crippen LogP contribution in [0.25, 0.3) is 10.9 Å². The number of aromatic carboxylic acids is 1. The van der Waals surface area contributed by atoms with Crippen LogP contribution in [0, 0.1) is 0 Å². The Hall–Kier alpha value is -2.10. The van der Waals surface area contributed by atoms with Gasteiger partial charge in [0, 0.05) is 22.5 Å². The molecule has 0 bridgehead atoms. The number of carboxylic acids is 1. The van der Waals surface area contributed by atoms with Gasteiger partial charge < -0.3 is 20.7 Å². The fourth-order valence-corrected chi connectivity index (χ4v) is 3.72. The number of carbonyl (C=O) groups is 2. The van der Waals surface area contributed by atoms with Gasteiger partial charge in [-0.1, -0.05) is 11.6 Å². The first-order valence-electron chi connectivity index (χ1n) is 6.91. The zero-order valence-corrected chi connectivity index (χ0v) is 14.1. The Morgan fingerprint density at radius 2 is 2.04 bits per heavy atom. The summed E-state index contributed by atoms with van der Waals surface area (Å²) >= 11 is 5.75. The van der Waals surface area contributed by atoms with Crippen molar-refractivity contribution in [1.82, 2.24) is 9.88 Å². The van der Waals surface area contributed by atoms with E-state index in [1.807, 2.05) is 0 Å². The lowest BCUT2D eigenvalue weighted by atomic mass is 10.2. The molecule has 1 aliphatic rings. The lowest BCUT2D eigenvalue weighted by Crippen LogP contribution is -2.34. The number of amides is 1. The number of H-pyrrole nitrogens is 1. The molecule has 0 spiro atoms. The highest BCUT2D eigenvalue weighted by molar-refractivity contribution is 7.91. The number of aromatic nitrogens is 1. The third kappa shape index (κ3) is 4.47. The Labute approximate surface area is 143 Å². The standard InChI is InChI=1S/C9H6ClNO2.C5H10N2O3S/c10-6-1-2-7-5(3-6)4-8(11-7)9(12)13;6-3-5(8)7-1-2-11(9,10)4-7/h1-4,11H,(H,12,13);1-4,6H2. The molecule has 3 rings (SSSR count). The number of rotatable bonds is 2. The number of hydrogen-bond donors (Lipinski definition) is 3. The molecule has 2 aromatic rings. The fourth-order valence-electron chi connectivity index (χ4n) is 2.16. The van der Waals surface area contributed by atoms with E-state index in [4.69, 9.17) is 22.4 Å².